The summed E-state index contributed by atoms with van der Waals surface area (Å²) in [7, 11) is 0. The summed E-state index contributed by atoms with van der Waals surface area (Å²) in [5.74, 6) is 0. The summed E-state index contributed by atoms with van der Waals surface area (Å²) in [4.78, 5) is 0. The minimum atomic E-state index is -2.36. The van der Waals surface area contributed by atoms with Gasteiger partial charge in [0.25, 0.3) is 6.43 Å². The molecule has 0 unspecified atom stereocenters. The average molecular weight is 179 g/mol. The van der Waals surface area contributed by atoms with Gasteiger partial charge in [-0.3, -0.25) is 0 Å². The summed E-state index contributed by atoms with van der Waals surface area (Å²) in [6.45, 7) is 3.38. The standard InChI is InChI=1S/C8H15F2NO/c1-2-12-8(7(9)10)3-5-11-6-4-8/h7,11H,2-6H2,1H3. The Kier molecular flexibility index (Phi) is 3.40. The van der Waals surface area contributed by atoms with Gasteiger partial charge < -0.3 is 10.1 Å². The van der Waals surface area contributed by atoms with Gasteiger partial charge in [-0.2, -0.15) is 0 Å². The van der Waals surface area contributed by atoms with E-state index < -0.39 is 12.0 Å². The van der Waals surface area contributed by atoms with E-state index in [0.717, 1.165) is 0 Å². The van der Waals surface area contributed by atoms with E-state index in [9.17, 15) is 8.78 Å². The average Bonchev–Trinajstić information content (AvgIpc) is 2.06. The van der Waals surface area contributed by atoms with Crippen molar-refractivity contribution in [2.45, 2.75) is 31.8 Å². The molecule has 1 saturated heterocycles. The van der Waals surface area contributed by atoms with E-state index in [1.807, 2.05) is 0 Å². The Bertz CT molecular complexity index is 130. The first kappa shape index (κ1) is 9.86. The Morgan fingerprint density at radius 2 is 2.00 bits per heavy atom. The maximum absolute atomic E-state index is 12.6. The van der Waals surface area contributed by atoms with Crippen LogP contribution < -0.4 is 5.32 Å². The number of rotatable bonds is 3. The molecule has 0 bridgehead atoms. The highest BCUT2D eigenvalue weighted by atomic mass is 19.3. The van der Waals surface area contributed by atoms with E-state index in [1.54, 1.807) is 6.92 Å². The van der Waals surface area contributed by atoms with Crippen LogP contribution in [0.4, 0.5) is 8.78 Å². The molecule has 12 heavy (non-hydrogen) atoms. The number of piperidine rings is 1. The summed E-state index contributed by atoms with van der Waals surface area (Å²) in [6.07, 6.45) is -1.53. The van der Waals surface area contributed by atoms with Crippen LogP contribution in [0.2, 0.25) is 0 Å². The van der Waals surface area contributed by atoms with E-state index in [1.165, 1.54) is 0 Å². The number of alkyl halides is 2. The van der Waals surface area contributed by atoms with Gasteiger partial charge in [0.1, 0.15) is 5.60 Å². The van der Waals surface area contributed by atoms with Gasteiger partial charge in [-0.25, -0.2) is 8.78 Å². The lowest BCUT2D eigenvalue weighted by atomic mass is 9.92. The Labute approximate surface area is 71.3 Å². The predicted molar refractivity (Wildman–Crippen MR) is 42.5 cm³/mol. The molecule has 4 heteroatoms. The fourth-order valence-corrected chi connectivity index (χ4v) is 1.56. The maximum Gasteiger partial charge on any atom is 0.267 e. The quantitative estimate of drug-likeness (QED) is 0.707. The SMILES string of the molecule is CCOC1(C(F)F)CCNCC1. The lowest BCUT2D eigenvalue weighted by molar-refractivity contribution is -0.151. The van der Waals surface area contributed by atoms with Crippen molar-refractivity contribution < 1.29 is 13.5 Å². The highest BCUT2D eigenvalue weighted by Gasteiger charge is 2.41. The van der Waals surface area contributed by atoms with Crippen molar-refractivity contribution in [1.82, 2.24) is 5.32 Å². The van der Waals surface area contributed by atoms with Gasteiger partial charge in [-0.15, -0.1) is 0 Å². The lowest BCUT2D eigenvalue weighted by Crippen LogP contribution is -2.49. The van der Waals surface area contributed by atoms with Crippen LogP contribution in [0.15, 0.2) is 0 Å². The molecule has 0 spiro atoms. The van der Waals surface area contributed by atoms with Gasteiger partial charge in [0.05, 0.1) is 0 Å². The number of ether oxygens (including phenoxy) is 1. The van der Waals surface area contributed by atoms with Crippen LogP contribution in [-0.4, -0.2) is 31.7 Å². The van der Waals surface area contributed by atoms with Gasteiger partial charge in [0.2, 0.25) is 0 Å². The summed E-state index contributed by atoms with van der Waals surface area (Å²) in [5, 5.41) is 3.04. The molecule has 1 aliphatic heterocycles. The van der Waals surface area contributed by atoms with Crippen molar-refractivity contribution in [3.05, 3.63) is 0 Å². The normalized spacial score (nSPS) is 23.0. The molecule has 0 aliphatic carbocycles. The van der Waals surface area contributed by atoms with Crippen molar-refractivity contribution in [3.8, 4) is 0 Å². The van der Waals surface area contributed by atoms with Gasteiger partial charge in [0.15, 0.2) is 0 Å². The molecule has 2 nitrogen and oxygen atoms in total. The first-order valence-electron chi connectivity index (χ1n) is 4.34. The Hall–Kier alpha value is -0.220. The third kappa shape index (κ3) is 1.93. The van der Waals surface area contributed by atoms with Crippen LogP contribution in [0.25, 0.3) is 0 Å². The van der Waals surface area contributed by atoms with E-state index in [0.29, 0.717) is 32.5 Å². The molecular formula is C8H15F2NO. The van der Waals surface area contributed by atoms with E-state index in [2.05, 4.69) is 5.32 Å². The third-order valence-corrected chi connectivity index (χ3v) is 2.28. The first-order chi connectivity index (χ1) is 5.71. The molecule has 1 heterocycles. The molecule has 0 aromatic carbocycles. The Morgan fingerprint density at radius 1 is 1.42 bits per heavy atom. The van der Waals surface area contributed by atoms with Crippen LogP contribution in [0, 0.1) is 0 Å². The molecule has 0 radical (unpaired) electrons. The van der Waals surface area contributed by atoms with Gasteiger partial charge in [-0.05, 0) is 32.9 Å². The van der Waals surface area contributed by atoms with Crippen LogP contribution in [-0.2, 0) is 4.74 Å². The molecular weight excluding hydrogens is 164 g/mol. The monoisotopic (exact) mass is 179 g/mol. The Balaban J connectivity index is 2.56. The largest absolute Gasteiger partial charge is 0.369 e. The lowest BCUT2D eigenvalue weighted by Gasteiger charge is -2.36. The molecule has 0 amide bonds. The van der Waals surface area contributed by atoms with Crippen molar-refractivity contribution in [2.24, 2.45) is 0 Å². The van der Waals surface area contributed by atoms with E-state index in [-0.39, 0.29) is 0 Å². The maximum atomic E-state index is 12.6. The van der Waals surface area contributed by atoms with Gasteiger partial charge >= 0.3 is 0 Å². The molecule has 72 valence electrons. The summed E-state index contributed by atoms with van der Waals surface area (Å²) >= 11 is 0. The second-order valence-corrected chi connectivity index (χ2v) is 3.05. The van der Waals surface area contributed by atoms with Crippen molar-refractivity contribution >= 4 is 0 Å². The number of halogens is 2. The van der Waals surface area contributed by atoms with Crippen LogP contribution in [0.5, 0.6) is 0 Å². The fraction of sp³-hybridized carbons (Fsp3) is 1.00. The van der Waals surface area contributed by atoms with Crippen LogP contribution in [0.3, 0.4) is 0 Å². The molecule has 0 aromatic heterocycles. The first-order valence-corrected chi connectivity index (χ1v) is 4.34. The molecule has 1 rings (SSSR count). The molecule has 1 fully saturated rings. The molecule has 0 saturated carbocycles. The second kappa shape index (κ2) is 4.14. The summed E-state index contributed by atoms with van der Waals surface area (Å²) in [6, 6.07) is 0. The zero-order chi connectivity index (χ0) is 9.03. The topological polar surface area (TPSA) is 21.3 Å². The molecule has 1 aliphatic rings. The highest BCUT2D eigenvalue weighted by Crippen LogP contribution is 2.29. The van der Waals surface area contributed by atoms with Crippen molar-refractivity contribution in [1.29, 1.82) is 0 Å². The molecule has 1 N–H and O–H groups in total. The van der Waals surface area contributed by atoms with Crippen LogP contribution in [0.1, 0.15) is 19.8 Å². The molecule has 0 atom stereocenters. The van der Waals surface area contributed by atoms with Gasteiger partial charge in [-0.1, -0.05) is 0 Å². The Morgan fingerprint density at radius 3 is 2.42 bits per heavy atom. The molecule has 0 aromatic rings. The summed E-state index contributed by atoms with van der Waals surface area (Å²) < 4.78 is 30.4. The zero-order valence-electron chi connectivity index (χ0n) is 7.28. The highest BCUT2D eigenvalue weighted by molar-refractivity contribution is 4.88. The minimum absolute atomic E-state index is 0.365. The number of hydrogen-bond donors (Lipinski definition) is 1. The predicted octanol–water partition coefficient (Wildman–Crippen LogP) is 1.41. The van der Waals surface area contributed by atoms with Crippen molar-refractivity contribution in [2.75, 3.05) is 19.7 Å². The van der Waals surface area contributed by atoms with Crippen LogP contribution >= 0.6 is 0 Å². The van der Waals surface area contributed by atoms with Crippen molar-refractivity contribution in [3.63, 3.8) is 0 Å². The smallest absolute Gasteiger partial charge is 0.267 e. The minimum Gasteiger partial charge on any atom is -0.369 e. The zero-order valence-corrected chi connectivity index (χ0v) is 7.28. The second-order valence-electron chi connectivity index (χ2n) is 3.05. The fourth-order valence-electron chi connectivity index (χ4n) is 1.56. The number of hydrogen-bond acceptors (Lipinski definition) is 2. The van der Waals surface area contributed by atoms with E-state index in [4.69, 9.17) is 4.74 Å². The van der Waals surface area contributed by atoms with E-state index >= 15 is 0 Å². The van der Waals surface area contributed by atoms with Gasteiger partial charge in [0, 0.05) is 6.61 Å². The summed E-state index contributed by atoms with van der Waals surface area (Å²) in [5.41, 5.74) is -1.17. The third-order valence-electron chi connectivity index (χ3n) is 2.28. The number of nitrogens with one attached hydrogen (secondary N) is 1.